The smallest absolute Gasteiger partial charge is 0.324 e. The van der Waals surface area contributed by atoms with Crippen molar-refractivity contribution in [1.29, 1.82) is 0 Å². The molecule has 1 aliphatic rings. The summed E-state index contributed by atoms with van der Waals surface area (Å²) in [5.41, 5.74) is 2.11. The number of anilines is 1. The van der Waals surface area contributed by atoms with Gasteiger partial charge in [-0.3, -0.25) is 4.90 Å². The maximum atomic E-state index is 12.3. The van der Waals surface area contributed by atoms with Gasteiger partial charge in [0.2, 0.25) is 0 Å². The number of amides is 2. The average molecular weight is 326 g/mol. The van der Waals surface area contributed by atoms with E-state index in [1.165, 1.54) is 0 Å². The van der Waals surface area contributed by atoms with Crippen molar-refractivity contribution in [1.82, 2.24) is 10.2 Å². The number of rotatable bonds is 3. The summed E-state index contributed by atoms with van der Waals surface area (Å²) >= 11 is 3.49. The number of halogens is 1. The normalized spacial score (nSPS) is 20.0. The molecule has 1 fully saturated rings. The van der Waals surface area contributed by atoms with Crippen molar-refractivity contribution in [3.05, 3.63) is 28.2 Å². The fraction of sp³-hybridized carbons (Fsp3) is 0.500. The van der Waals surface area contributed by atoms with Crippen LogP contribution in [0.15, 0.2) is 22.7 Å². The first-order chi connectivity index (χ1) is 9.02. The van der Waals surface area contributed by atoms with Crippen molar-refractivity contribution >= 4 is 27.6 Å². The van der Waals surface area contributed by atoms with Crippen LogP contribution in [-0.2, 0) is 0 Å². The third-order valence-corrected chi connectivity index (χ3v) is 4.37. The standard InChI is InChI=1S/C14H20BrN3O/c1-10-6-12(4-5-13(10)15)18-9-11(7-16-2)8-17(3)14(18)19/h4-6,11,16H,7-9H2,1-3H3. The van der Waals surface area contributed by atoms with E-state index in [4.69, 9.17) is 0 Å². The van der Waals surface area contributed by atoms with E-state index in [1.807, 2.05) is 38.1 Å². The Morgan fingerprint density at radius 1 is 1.42 bits per heavy atom. The molecular weight excluding hydrogens is 306 g/mol. The van der Waals surface area contributed by atoms with Crippen LogP contribution in [0.5, 0.6) is 0 Å². The molecule has 0 aliphatic carbocycles. The van der Waals surface area contributed by atoms with Gasteiger partial charge >= 0.3 is 6.03 Å². The van der Waals surface area contributed by atoms with E-state index in [9.17, 15) is 4.79 Å². The van der Waals surface area contributed by atoms with E-state index in [2.05, 4.69) is 27.3 Å². The molecule has 19 heavy (non-hydrogen) atoms. The molecular formula is C14H20BrN3O. The summed E-state index contributed by atoms with van der Waals surface area (Å²) in [4.78, 5) is 16.0. The molecule has 0 bridgehead atoms. The molecule has 0 aromatic heterocycles. The molecule has 1 unspecified atom stereocenters. The van der Waals surface area contributed by atoms with Crippen LogP contribution in [0.3, 0.4) is 0 Å². The van der Waals surface area contributed by atoms with Crippen LogP contribution in [0.25, 0.3) is 0 Å². The zero-order valence-corrected chi connectivity index (χ0v) is 13.2. The van der Waals surface area contributed by atoms with Crippen LogP contribution in [0.4, 0.5) is 10.5 Å². The highest BCUT2D eigenvalue weighted by molar-refractivity contribution is 9.10. The summed E-state index contributed by atoms with van der Waals surface area (Å²) in [7, 11) is 3.81. The maximum absolute atomic E-state index is 12.3. The van der Waals surface area contributed by atoms with Gasteiger partial charge in [0.1, 0.15) is 0 Å². The molecule has 1 heterocycles. The molecule has 0 spiro atoms. The number of carbonyl (C=O) groups excluding carboxylic acids is 1. The number of nitrogens with one attached hydrogen (secondary N) is 1. The lowest BCUT2D eigenvalue weighted by atomic mass is 10.1. The molecule has 4 nitrogen and oxygen atoms in total. The van der Waals surface area contributed by atoms with E-state index < -0.39 is 0 Å². The van der Waals surface area contributed by atoms with E-state index in [0.29, 0.717) is 5.92 Å². The largest absolute Gasteiger partial charge is 0.327 e. The Labute approximate surface area is 122 Å². The van der Waals surface area contributed by atoms with E-state index in [-0.39, 0.29) is 6.03 Å². The summed E-state index contributed by atoms with van der Waals surface area (Å²) in [6.07, 6.45) is 0. The Hall–Kier alpha value is -1.07. The average Bonchev–Trinajstić information content (AvgIpc) is 2.37. The molecule has 0 saturated carbocycles. The topological polar surface area (TPSA) is 35.6 Å². The fourth-order valence-corrected chi connectivity index (χ4v) is 2.74. The van der Waals surface area contributed by atoms with Gasteiger partial charge in [-0.05, 0) is 37.7 Å². The lowest BCUT2D eigenvalue weighted by molar-refractivity contribution is 0.192. The summed E-state index contributed by atoms with van der Waals surface area (Å²) in [6, 6.07) is 6.12. The minimum absolute atomic E-state index is 0.0778. The van der Waals surface area contributed by atoms with Crippen LogP contribution in [0, 0.1) is 12.8 Å². The maximum Gasteiger partial charge on any atom is 0.324 e. The van der Waals surface area contributed by atoms with Crippen LogP contribution in [-0.4, -0.2) is 44.7 Å². The van der Waals surface area contributed by atoms with Crippen molar-refractivity contribution in [2.24, 2.45) is 5.92 Å². The van der Waals surface area contributed by atoms with Gasteiger partial charge in [-0.1, -0.05) is 15.9 Å². The van der Waals surface area contributed by atoms with Crippen LogP contribution in [0.2, 0.25) is 0 Å². The molecule has 1 aliphatic heterocycles. The summed E-state index contributed by atoms with van der Waals surface area (Å²) < 4.78 is 1.07. The van der Waals surface area contributed by atoms with Crippen molar-refractivity contribution in [2.45, 2.75) is 6.92 Å². The predicted molar refractivity (Wildman–Crippen MR) is 81.7 cm³/mol. The van der Waals surface area contributed by atoms with Gasteiger partial charge < -0.3 is 10.2 Å². The molecule has 1 saturated heterocycles. The molecule has 0 radical (unpaired) electrons. The highest BCUT2D eigenvalue weighted by atomic mass is 79.9. The number of aryl methyl sites for hydroxylation is 1. The quantitative estimate of drug-likeness (QED) is 0.926. The van der Waals surface area contributed by atoms with Gasteiger partial charge in [0.05, 0.1) is 0 Å². The Morgan fingerprint density at radius 2 is 2.16 bits per heavy atom. The molecule has 2 amide bonds. The van der Waals surface area contributed by atoms with Gasteiger partial charge in [0.15, 0.2) is 0 Å². The Balaban J connectivity index is 2.24. The third kappa shape index (κ3) is 3.09. The molecule has 1 aromatic carbocycles. The van der Waals surface area contributed by atoms with Crippen molar-refractivity contribution in [3.8, 4) is 0 Å². The van der Waals surface area contributed by atoms with Crippen molar-refractivity contribution < 1.29 is 4.79 Å². The second-order valence-corrected chi connectivity index (χ2v) is 5.99. The van der Waals surface area contributed by atoms with E-state index in [1.54, 1.807) is 4.90 Å². The summed E-state index contributed by atoms with van der Waals surface area (Å²) in [5, 5.41) is 3.19. The minimum atomic E-state index is 0.0778. The minimum Gasteiger partial charge on any atom is -0.327 e. The van der Waals surface area contributed by atoms with Gasteiger partial charge in [-0.15, -0.1) is 0 Å². The number of carbonyl (C=O) groups is 1. The molecule has 1 aromatic rings. The van der Waals surface area contributed by atoms with E-state index >= 15 is 0 Å². The summed E-state index contributed by atoms with van der Waals surface area (Å²) in [5.74, 6) is 0.455. The highest BCUT2D eigenvalue weighted by Gasteiger charge is 2.30. The molecule has 1 N–H and O–H groups in total. The van der Waals surface area contributed by atoms with Crippen LogP contribution < -0.4 is 10.2 Å². The molecule has 104 valence electrons. The molecule has 2 rings (SSSR count). The monoisotopic (exact) mass is 325 g/mol. The van der Waals surface area contributed by atoms with Crippen molar-refractivity contribution in [2.75, 3.05) is 38.6 Å². The predicted octanol–water partition coefficient (Wildman–Crippen LogP) is 2.46. The second kappa shape index (κ2) is 5.92. The number of hydrogen-bond acceptors (Lipinski definition) is 2. The first-order valence-corrected chi connectivity index (χ1v) is 7.25. The van der Waals surface area contributed by atoms with Gasteiger partial charge in [-0.25, -0.2) is 4.79 Å². The van der Waals surface area contributed by atoms with Crippen LogP contribution in [0.1, 0.15) is 5.56 Å². The number of benzene rings is 1. The third-order valence-electron chi connectivity index (χ3n) is 3.48. The van der Waals surface area contributed by atoms with Gasteiger partial charge in [0, 0.05) is 42.8 Å². The Morgan fingerprint density at radius 3 is 2.79 bits per heavy atom. The zero-order chi connectivity index (χ0) is 14.0. The number of hydrogen-bond donors (Lipinski definition) is 1. The first-order valence-electron chi connectivity index (χ1n) is 6.46. The summed E-state index contributed by atoms with van der Waals surface area (Å²) in [6.45, 7) is 4.54. The number of nitrogens with zero attached hydrogens (tertiary/aromatic N) is 2. The van der Waals surface area contributed by atoms with Crippen LogP contribution >= 0.6 is 15.9 Å². The van der Waals surface area contributed by atoms with Crippen molar-refractivity contribution in [3.63, 3.8) is 0 Å². The van der Waals surface area contributed by atoms with Gasteiger partial charge in [-0.2, -0.15) is 0 Å². The SMILES string of the molecule is CNCC1CN(C)C(=O)N(c2ccc(Br)c(C)c2)C1. The Kier molecular flexibility index (Phi) is 4.47. The molecule has 5 heteroatoms. The van der Waals surface area contributed by atoms with E-state index in [0.717, 1.165) is 35.4 Å². The molecule has 1 atom stereocenters. The lowest BCUT2D eigenvalue weighted by Crippen LogP contribution is -2.53. The second-order valence-electron chi connectivity index (χ2n) is 5.13. The van der Waals surface area contributed by atoms with Gasteiger partial charge in [0.25, 0.3) is 0 Å². The zero-order valence-electron chi connectivity index (χ0n) is 11.6. The highest BCUT2D eigenvalue weighted by Crippen LogP contribution is 2.26. The first kappa shape index (κ1) is 14.3. The fourth-order valence-electron chi connectivity index (χ4n) is 2.50. The number of urea groups is 1. The Bertz CT molecular complexity index is 478. The lowest BCUT2D eigenvalue weighted by Gasteiger charge is -2.38.